The molecule has 2 rings (SSSR count). The fourth-order valence-corrected chi connectivity index (χ4v) is 3.32. The van der Waals surface area contributed by atoms with E-state index in [1.54, 1.807) is 6.07 Å². The van der Waals surface area contributed by atoms with Crippen molar-refractivity contribution >= 4 is 11.6 Å². The summed E-state index contributed by atoms with van der Waals surface area (Å²) in [5.74, 6) is -0.282. The molecule has 0 bridgehead atoms. The number of hydrogen-bond acceptors (Lipinski definition) is 2. The van der Waals surface area contributed by atoms with Crippen LogP contribution < -0.4 is 5.32 Å². The molecule has 0 saturated heterocycles. The van der Waals surface area contributed by atoms with Crippen molar-refractivity contribution in [3.05, 3.63) is 34.6 Å². The van der Waals surface area contributed by atoms with Gasteiger partial charge in [-0.1, -0.05) is 36.9 Å². The Morgan fingerprint density at radius 1 is 1.25 bits per heavy atom. The molecule has 1 aliphatic carbocycles. The van der Waals surface area contributed by atoms with E-state index in [1.165, 1.54) is 44.2 Å². The van der Waals surface area contributed by atoms with Crippen LogP contribution in [-0.4, -0.2) is 31.1 Å². The summed E-state index contributed by atoms with van der Waals surface area (Å²) in [4.78, 5) is 2.35. The first-order chi connectivity index (χ1) is 9.53. The third-order valence-electron chi connectivity index (χ3n) is 4.52. The molecule has 0 amide bonds. The largest absolute Gasteiger partial charge is 0.311 e. The standard InChI is InChI=1S/C16H24ClFN2/c1-20(2)16(8-4-3-5-9-16)12-19-11-13-6-7-14(18)10-15(13)17/h6-7,10,19H,3-5,8-9,11-12H2,1-2H3. The lowest BCUT2D eigenvalue weighted by Crippen LogP contribution is -2.52. The van der Waals surface area contributed by atoms with Gasteiger partial charge in [0.1, 0.15) is 5.82 Å². The zero-order valence-electron chi connectivity index (χ0n) is 12.4. The number of likely N-dealkylation sites (N-methyl/N-ethyl adjacent to an activating group) is 1. The minimum atomic E-state index is -0.282. The first-order valence-corrected chi connectivity index (χ1v) is 7.73. The van der Waals surface area contributed by atoms with Crippen LogP contribution in [0.1, 0.15) is 37.7 Å². The zero-order valence-corrected chi connectivity index (χ0v) is 13.1. The van der Waals surface area contributed by atoms with Crippen molar-refractivity contribution in [2.24, 2.45) is 0 Å². The highest BCUT2D eigenvalue weighted by atomic mass is 35.5. The second kappa shape index (κ2) is 6.88. The molecule has 1 N–H and O–H groups in total. The average molecular weight is 299 g/mol. The summed E-state index contributed by atoms with van der Waals surface area (Å²) in [6.07, 6.45) is 6.43. The van der Waals surface area contributed by atoms with Crippen molar-refractivity contribution in [2.45, 2.75) is 44.2 Å². The van der Waals surface area contributed by atoms with E-state index in [-0.39, 0.29) is 11.4 Å². The maximum atomic E-state index is 13.0. The second-order valence-corrected chi connectivity index (χ2v) is 6.43. The summed E-state index contributed by atoms with van der Waals surface area (Å²) in [6.45, 7) is 1.64. The highest BCUT2D eigenvalue weighted by molar-refractivity contribution is 6.31. The highest BCUT2D eigenvalue weighted by Gasteiger charge is 2.33. The first kappa shape index (κ1) is 15.7. The van der Waals surface area contributed by atoms with Gasteiger partial charge in [0.2, 0.25) is 0 Å². The molecule has 1 aromatic rings. The first-order valence-electron chi connectivity index (χ1n) is 7.36. The number of rotatable bonds is 5. The van der Waals surface area contributed by atoms with Crippen LogP contribution in [-0.2, 0) is 6.54 Å². The quantitative estimate of drug-likeness (QED) is 0.889. The molecule has 0 aromatic heterocycles. The number of nitrogens with zero attached hydrogens (tertiary/aromatic N) is 1. The Hall–Kier alpha value is -0.640. The SMILES string of the molecule is CN(C)C1(CNCc2ccc(F)cc2Cl)CCCCC1. The Bertz CT molecular complexity index is 442. The summed E-state index contributed by atoms with van der Waals surface area (Å²) >= 11 is 6.06. The highest BCUT2D eigenvalue weighted by Crippen LogP contribution is 2.31. The molecule has 0 heterocycles. The molecule has 0 atom stereocenters. The Morgan fingerprint density at radius 3 is 2.55 bits per heavy atom. The molecule has 0 aliphatic heterocycles. The number of nitrogens with one attached hydrogen (secondary N) is 1. The zero-order chi connectivity index (χ0) is 14.6. The third-order valence-corrected chi connectivity index (χ3v) is 4.87. The molecule has 4 heteroatoms. The summed E-state index contributed by atoms with van der Waals surface area (Å²) in [5, 5.41) is 4.01. The van der Waals surface area contributed by atoms with E-state index in [0.717, 1.165) is 12.1 Å². The fraction of sp³-hybridized carbons (Fsp3) is 0.625. The Labute approximate surface area is 126 Å². The van der Waals surface area contributed by atoms with Crippen LogP contribution in [0.4, 0.5) is 4.39 Å². The summed E-state index contributed by atoms with van der Waals surface area (Å²) < 4.78 is 13.0. The lowest BCUT2D eigenvalue weighted by Gasteiger charge is -2.43. The van der Waals surface area contributed by atoms with Crippen LogP contribution >= 0.6 is 11.6 Å². The smallest absolute Gasteiger partial charge is 0.124 e. The molecule has 20 heavy (non-hydrogen) atoms. The van der Waals surface area contributed by atoms with Crippen LogP contribution in [0, 0.1) is 5.82 Å². The van der Waals surface area contributed by atoms with Crippen LogP contribution in [0.15, 0.2) is 18.2 Å². The molecule has 1 fully saturated rings. The normalized spacial score (nSPS) is 18.4. The number of benzene rings is 1. The van der Waals surface area contributed by atoms with Gasteiger partial charge in [-0.3, -0.25) is 0 Å². The van der Waals surface area contributed by atoms with E-state index in [4.69, 9.17) is 11.6 Å². The van der Waals surface area contributed by atoms with Crippen LogP contribution in [0.3, 0.4) is 0 Å². The maximum Gasteiger partial charge on any atom is 0.124 e. The molecule has 1 aromatic carbocycles. The van der Waals surface area contributed by atoms with Crippen LogP contribution in [0.25, 0.3) is 0 Å². The van der Waals surface area contributed by atoms with Gasteiger partial charge in [0, 0.05) is 23.7 Å². The Morgan fingerprint density at radius 2 is 1.95 bits per heavy atom. The van der Waals surface area contributed by atoms with E-state index >= 15 is 0 Å². The molecule has 2 nitrogen and oxygen atoms in total. The van der Waals surface area contributed by atoms with E-state index in [9.17, 15) is 4.39 Å². The monoisotopic (exact) mass is 298 g/mol. The van der Waals surface area contributed by atoms with Crippen molar-refractivity contribution in [3.8, 4) is 0 Å². The van der Waals surface area contributed by atoms with Crippen LogP contribution in [0.5, 0.6) is 0 Å². The van der Waals surface area contributed by atoms with Gasteiger partial charge in [-0.25, -0.2) is 4.39 Å². The average Bonchev–Trinajstić information content (AvgIpc) is 2.42. The molecular formula is C16H24ClFN2. The predicted molar refractivity (Wildman–Crippen MR) is 82.6 cm³/mol. The van der Waals surface area contributed by atoms with Crippen molar-refractivity contribution in [2.75, 3.05) is 20.6 Å². The molecule has 0 spiro atoms. The van der Waals surface area contributed by atoms with Gasteiger partial charge < -0.3 is 10.2 Å². The molecular weight excluding hydrogens is 275 g/mol. The van der Waals surface area contributed by atoms with Gasteiger partial charge in [0.05, 0.1) is 0 Å². The predicted octanol–water partition coefficient (Wildman–Crippen LogP) is 3.83. The molecule has 0 radical (unpaired) electrons. The lowest BCUT2D eigenvalue weighted by atomic mass is 9.80. The fourth-order valence-electron chi connectivity index (χ4n) is 3.09. The Kier molecular flexibility index (Phi) is 5.42. The van der Waals surface area contributed by atoms with Crippen molar-refractivity contribution in [1.29, 1.82) is 0 Å². The van der Waals surface area contributed by atoms with Crippen molar-refractivity contribution in [3.63, 3.8) is 0 Å². The summed E-state index contributed by atoms with van der Waals surface area (Å²) in [7, 11) is 4.33. The van der Waals surface area contributed by atoms with Gasteiger partial charge in [-0.05, 0) is 44.6 Å². The molecule has 0 unspecified atom stereocenters. The van der Waals surface area contributed by atoms with Gasteiger partial charge >= 0.3 is 0 Å². The van der Waals surface area contributed by atoms with Gasteiger partial charge in [0.15, 0.2) is 0 Å². The van der Waals surface area contributed by atoms with E-state index in [0.29, 0.717) is 11.6 Å². The van der Waals surface area contributed by atoms with Crippen LogP contribution in [0.2, 0.25) is 5.02 Å². The minimum absolute atomic E-state index is 0.255. The van der Waals surface area contributed by atoms with Crippen molar-refractivity contribution in [1.82, 2.24) is 10.2 Å². The molecule has 112 valence electrons. The van der Waals surface area contributed by atoms with Gasteiger partial charge in [-0.15, -0.1) is 0 Å². The summed E-state index contributed by atoms with van der Waals surface area (Å²) in [6, 6.07) is 4.60. The second-order valence-electron chi connectivity index (χ2n) is 6.02. The van der Waals surface area contributed by atoms with E-state index < -0.39 is 0 Å². The van der Waals surface area contributed by atoms with E-state index in [2.05, 4.69) is 24.3 Å². The van der Waals surface area contributed by atoms with Crippen molar-refractivity contribution < 1.29 is 4.39 Å². The maximum absolute atomic E-state index is 13.0. The Balaban J connectivity index is 1.93. The topological polar surface area (TPSA) is 15.3 Å². The summed E-state index contributed by atoms with van der Waals surface area (Å²) in [5.41, 5.74) is 1.21. The molecule has 1 saturated carbocycles. The lowest BCUT2D eigenvalue weighted by molar-refractivity contribution is 0.0984. The number of halogens is 2. The van der Waals surface area contributed by atoms with E-state index in [1.807, 2.05) is 0 Å². The molecule has 1 aliphatic rings. The van der Waals surface area contributed by atoms with Gasteiger partial charge in [-0.2, -0.15) is 0 Å². The minimum Gasteiger partial charge on any atom is -0.311 e. The van der Waals surface area contributed by atoms with Gasteiger partial charge in [0.25, 0.3) is 0 Å². The number of hydrogen-bond donors (Lipinski definition) is 1. The third kappa shape index (κ3) is 3.72.